The Bertz CT molecular complexity index is 288. The lowest BCUT2D eigenvalue weighted by Crippen LogP contribution is -2.45. The molecular weight excluding hydrogens is 188 g/mol. The van der Waals surface area contributed by atoms with Gasteiger partial charge < -0.3 is 0 Å². The van der Waals surface area contributed by atoms with Crippen molar-refractivity contribution in [1.29, 1.82) is 0 Å². The minimum absolute atomic E-state index is 0.262. The van der Waals surface area contributed by atoms with Crippen molar-refractivity contribution in [2.24, 2.45) is 0 Å². The van der Waals surface area contributed by atoms with Crippen molar-refractivity contribution in [3.8, 4) is 11.8 Å². The van der Waals surface area contributed by atoms with Crippen LogP contribution in [0.3, 0.4) is 0 Å². The molecule has 3 nitrogen and oxygen atoms in total. The molecule has 85 valence electrons. The average Bonchev–Trinajstić information content (AvgIpc) is 2.30. The van der Waals surface area contributed by atoms with Crippen molar-refractivity contribution in [3.05, 3.63) is 0 Å². The standard InChI is InChI=1S/C12H21N2O/c1-11(2)8-9-12(3,14(11)15)7-6-10-13(4)5/h8-10H2,1-5H3. The third-order valence-electron chi connectivity index (χ3n) is 2.97. The number of rotatable bonds is 1. The van der Waals surface area contributed by atoms with Gasteiger partial charge in [0.1, 0.15) is 5.54 Å². The van der Waals surface area contributed by atoms with Crippen LogP contribution in [0.1, 0.15) is 33.6 Å². The number of hydrogen-bond acceptors (Lipinski definition) is 2. The third kappa shape index (κ3) is 2.72. The van der Waals surface area contributed by atoms with E-state index in [-0.39, 0.29) is 5.54 Å². The Kier molecular flexibility index (Phi) is 3.44. The van der Waals surface area contributed by atoms with Gasteiger partial charge in [0.25, 0.3) is 0 Å². The van der Waals surface area contributed by atoms with Crippen LogP contribution in [-0.2, 0) is 5.21 Å². The summed E-state index contributed by atoms with van der Waals surface area (Å²) in [6.45, 7) is 6.62. The zero-order chi connectivity index (χ0) is 11.7. The summed E-state index contributed by atoms with van der Waals surface area (Å²) >= 11 is 0. The molecule has 0 aromatic rings. The summed E-state index contributed by atoms with van der Waals surface area (Å²) in [6, 6.07) is 0. The van der Waals surface area contributed by atoms with Gasteiger partial charge in [0.2, 0.25) is 0 Å². The molecule has 0 N–H and O–H groups in total. The van der Waals surface area contributed by atoms with Crippen molar-refractivity contribution in [2.45, 2.75) is 44.7 Å². The molecule has 1 heterocycles. The normalized spacial score (nSPS) is 30.3. The van der Waals surface area contributed by atoms with Crippen LogP contribution in [0.4, 0.5) is 0 Å². The minimum atomic E-state index is -0.487. The Morgan fingerprint density at radius 2 is 1.87 bits per heavy atom. The molecule has 0 bridgehead atoms. The fraction of sp³-hybridized carbons (Fsp3) is 0.833. The summed E-state index contributed by atoms with van der Waals surface area (Å²) in [5, 5.41) is 13.2. The first kappa shape index (κ1) is 12.5. The number of hydrogen-bond donors (Lipinski definition) is 0. The van der Waals surface area contributed by atoms with E-state index in [1.165, 1.54) is 5.06 Å². The smallest absolute Gasteiger partial charge is 0.107 e. The second-order valence-electron chi connectivity index (χ2n) is 5.42. The van der Waals surface area contributed by atoms with Crippen LogP contribution in [-0.4, -0.2) is 41.7 Å². The Hall–Kier alpha value is -0.560. The summed E-state index contributed by atoms with van der Waals surface area (Å²) < 4.78 is 0. The van der Waals surface area contributed by atoms with Gasteiger partial charge in [-0.15, -0.1) is 10.3 Å². The highest BCUT2D eigenvalue weighted by atomic mass is 16.5. The molecule has 1 rings (SSSR count). The summed E-state index contributed by atoms with van der Waals surface area (Å²) in [4.78, 5) is 2.01. The van der Waals surface area contributed by atoms with Crippen molar-refractivity contribution in [3.63, 3.8) is 0 Å². The van der Waals surface area contributed by atoms with Crippen LogP contribution in [0.5, 0.6) is 0 Å². The molecule has 0 amide bonds. The molecule has 15 heavy (non-hydrogen) atoms. The van der Waals surface area contributed by atoms with E-state index in [0.29, 0.717) is 6.54 Å². The van der Waals surface area contributed by atoms with E-state index in [1.807, 2.05) is 39.8 Å². The highest BCUT2D eigenvalue weighted by molar-refractivity contribution is 5.20. The first-order valence-electron chi connectivity index (χ1n) is 5.40. The van der Waals surface area contributed by atoms with Gasteiger partial charge >= 0.3 is 0 Å². The summed E-state index contributed by atoms with van der Waals surface area (Å²) in [5.41, 5.74) is -0.749. The molecule has 1 aliphatic heterocycles. The van der Waals surface area contributed by atoms with Gasteiger partial charge in [-0.1, -0.05) is 11.8 Å². The molecule has 0 aliphatic carbocycles. The van der Waals surface area contributed by atoms with Gasteiger partial charge in [-0.05, 0) is 47.7 Å². The maximum Gasteiger partial charge on any atom is 0.107 e. The molecule has 0 saturated carbocycles. The van der Waals surface area contributed by atoms with Crippen LogP contribution in [0, 0.1) is 11.8 Å². The number of nitrogens with zero attached hydrogens (tertiary/aromatic N) is 2. The van der Waals surface area contributed by atoms with E-state index >= 15 is 0 Å². The molecule has 1 aliphatic rings. The van der Waals surface area contributed by atoms with Crippen LogP contribution in [0.2, 0.25) is 0 Å². The van der Waals surface area contributed by atoms with Gasteiger partial charge in [0.05, 0.1) is 6.54 Å². The van der Waals surface area contributed by atoms with E-state index in [1.54, 1.807) is 0 Å². The maximum absolute atomic E-state index is 12.0. The van der Waals surface area contributed by atoms with E-state index in [0.717, 1.165) is 12.8 Å². The molecule has 1 fully saturated rings. The highest BCUT2D eigenvalue weighted by Gasteiger charge is 2.47. The lowest BCUT2D eigenvalue weighted by molar-refractivity contribution is -0.234. The van der Waals surface area contributed by atoms with Gasteiger partial charge in [0.15, 0.2) is 0 Å². The molecule has 1 radical (unpaired) electrons. The first-order chi connectivity index (χ1) is 6.78. The Morgan fingerprint density at radius 1 is 1.27 bits per heavy atom. The summed E-state index contributed by atoms with van der Waals surface area (Å²) in [6.07, 6.45) is 1.79. The predicted octanol–water partition coefficient (Wildman–Crippen LogP) is 1.53. The molecular formula is C12H21N2O. The molecule has 0 spiro atoms. The molecule has 1 atom stereocenters. The maximum atomic E-state index is 12.0. The van der Waals surface area contributed by atoms with Crippen molar-refractivity contribution < 1.29 is 5.21 Å². The largest absolute Gasteiger partial charge is 0.299 e. The van der Waals surface area contributed by atoms with Crippen molar-refractivity contribution >= 4 is 0 Å². The first-order valence-corrected chi connectivity index (χ1v) is 5.40. The fourth-order valence-corrected chi connectivity index (χ4v) is 1.92. The topological polar surface area (TPSA) is 26.4 Å². The van der Waals surface area contributed by atoms with Crippen LogP contribution in [0.15, 0.2) is 0 Å². The zero-order valence-electron chi connectivity index (χ0n) is 10.4. The van der Waals surface area contributed by atoms with E-state index in [9.17, 15) is 5.21 Å². The minimum Gasteiger partial charge on any atom is -0.299 e. The van der Waals surface area contributed by atoms with Crippen LogP contribution >= 0.6 is 0 Å². The molecule has 1 unspecified atom stereocenters. The molecule has 1 saturated heterocycles. The fourth-order valence-electron chi connectivity index (χ4n) is 1.92. The van der Waals surface area contributed by atoms with Crippen molar-refractivity contribution in [2.75, 3.05) is 20.6 Å². The number of hydroxylamine groups is 2. The SMILES string of the molecule is CN(C)CC#CC1(C)CCC(C)(C)N1[O]. The summed E-state index contributed by atoms with van der Waals surface area (Å²) in [5.74, 6) is 6.19. The van der Waals surface area contributed by atoms with Crippen LogP contribution < -0.4 is 0 Å². The zero-order valence-corrected chi connectivity index (χ0v) is 10.4. The van der Waals surface area contributed by atoms with E-state index in [4.69, 9.17) is 0 Å². The van der Waals surface area contributed by atoms with Gasteiger partial charge in [-0.3, -0.25) is 4.90 Å². The second-order valence-corrected chi connectivity index (χ2v) is 5.42. The third-order valence-corrected chi connectivity index (χ3v) is 2.97. The molecule has 0 aromatic carbocycles. The lowest BCUT2D eigenvalue weighted by atomic mass is 10.00. The Labute approximate surface area is 93.0 Å². The monoisotopic (exact) mass is 209 g/mol. The van der Waals surface area contributed by atoms with Crippen molar-refractivity contribution in [1.82, 2.24) is 9.96 Å². The highest BCUT2D eigenvalue weighted by Crippen LogP contribution is 2.38. The predicted molar refractivity (Wildman–Crippen MR) is 60.6 cm³/mol. The van der Waals surface area contributed by atoms with Crippen LogP contribution in [0.25, 0.3) is 0 Å². The lowest BCUT2D eigenvalue weighted by Gasteiger charge is -2.30. The Morgan fingerprint density at radius 3 is 2.27 bits per heavy atom. The summed E-state index contributed by atoms with van der Waals surface area (Å²) in [7, 11) is 3.95. The molecule has 0 aromatic heterocycles. The quantitative estimate of drug-likeness (QED) is 0.612. The molecule has 3 heteroatoms. The van der Waals surface area contributed by atoms with Gasteiger partial charge in [-0.25, -0.2) is 0 Å². The Balaban J connectivity index is 2.72. The van der Waals surface area contributed by atoms with Gasteiger partial charge in [-0.2, -0.15) is 0 Å². The van der Waals surface area contributed by atoms with Gasteiger partial charge in [0, 0.05) is 5.54 Å². The second kappa shape index (κ2) is 4.13. The average molecular weight is 209 g/mol. The van der Waals surface area contributed by atoms with E-state index < -0.39 is 5.54 Å². The van der Waals surface area contributed by atoms with E-state index in [2.05, 4.69) is 11.8 Å².